The molecule has 29 heavy (non-hydrogen) atoms. The van der Waals surface area contributed by atoms with Crippen molar-refractivity contribution in [3.63, 3.8) is 0 Å². The van der Waals surface area contributed by atoms with Crippen molar-refractivity contribution in [2.24, 2.45) is 5.92 Å². The summed E-state index contributed by atoms with van der Waals surface area (Å²) in [5.41, 5.74) is 1.72. The predicted octanol–water partition coefficient (Wildman–Crippen LogP) is 2.17. The number of anilines is 1. The van der Waals surface area contributed by atoms with Crippen molar-refractivity contribution in [3.8, 4) is 0 Å². The van der Waals surface area contributed by atoms with Gasteiger partial charge in [-0.05, 0) is 24.2 Å². The highest BCUT2D eigenvalue weighted by Gasteiger charge is 2.40. The first-order chi connectivity index (χ1) is 13.7. The molecule has 0 unspecified atom stereocenters. The molecule has 6 nitrogen and oxygen atoms in total. The van der Waals surface area contributed by atoms with Crippen LogP contribution >= 0.6 is 0 Å². The normalized spacial score (nSPS) is 21.6. The number of benzene rings is 1. The number of hydrogen-bond donors (Lipinski definition) is 1. The average molecular weight is 412 g/mol. The van der Waals surface area contributed by atoms with Crippen LogP contribution in [0.2, 0.25) is 0 Å². The zero-order valence-electron chi connectivity index (χ0n) is 16.5. The third-order valence-corrected chi connectivity index (χ3v) is 5.50. The van der Waals surface area contributed by atoms with Crippen LogP contribution in [0.5, 0.6) is 0 Å². The van der Waals surface area contributed by atoms with Crippen LogP contribution in [0, 0.1) is 5.92 Å². The fourth-order valence-electron chi connectivity index (χ4n) is 3.78. The predicted molar refractivity (Wildman–Crippen MR) is 103 cm³/mol. The minimum atomic E-state index is -4.46. The summed E-state index contributed by atoms with van der Waals surface area (Å²) in [5.74, 6) is -1.83. The number of nitrogens with one attached hydrogen (secondary N) is 1. The molecule has 3 rings (SSSR count). The zero-order valence-corrected chi connectivity index (χ0v) is 16.5. The third-order valence-electron chi connectivity index (χ3n) is 5.50. The largest absolute Gasteiger partial charge is 0.406 e. The van der Waals surface area contributed by atoms with Crippen LogP contribution in [0.1, 0.15) is 18.9 Å². The molecule has 0 spiro atoms. The first kappa shape index (κ1) is 21.6. The molecule has 0 saturated carbocycles. The van der Waals surface area contributed by atoms with E-state index < -0.39 is 30.5 Å². The van der Waals surface area contributed by atoms with E-state index in [1.807, 2.05) is 12.1 Å². The maximum atomic E-state index is 12.5. The molecule has 2 aliphatic heterocycles. The molecule has 0 radical (unpaired) electrons. The van der Waals surface area contributed by atoms with E-state index in [2.05, 4.69) is 22.0 Å². The molecule has 2 aliphatic rings. The van der Waals surface area contributed by atoms with Crippen molar-refractivity contribution >= 4 is 17.5 Å². The van der Waals surface area contributed by atoms with E-state index in [1.165, 1.54) is 0 Å². The average Bonchev–Trinajstić information content (AvgIpc) is 3.03. The van der Waals surface area contributed by atoms with Crippen LogP contribution < -0.4 is 5.32 Å². The number of rotatable bonds is 6. The molecular weight excluding hydrogens is 385 g/mol. The lowest BCUT2D eigenvalue weighted by atomic mass is 10.1. The van der Waals surface area contributed by atoms with Crippen LogP contribution in [-0.4, -0.2) is 78.5 Å². The minimum absolute atomic E-state index is 0.191. The van der Waals surface area contributed by atoms with Gasteiger partial charge >= 0.3 is 6.18 Å². The van der Waals surface area contributed by atoms with Crippen LogP contribution in [-0.2, 0) is 16.1 Å². The molecule has 2 amide bonds. The summed E-state index contributed by atoms with van der Waals surface area (Å²) in [4.78, 5) is 29.6. The maximum absolute atomic E-state index is 12.5. The summed E-state index contributed by atoms with van der Waals surface area (Å²) in [6, 6.07) is 7.47. The van der Waals surface area contributed by atoms with Gasteiger partial charge in [-0.3, -0.25) is 14.5 Å². The second-order valence-electron chi connectivity index (χ2n) is 7.69. The Kier molecular flexibility index (Phi) is 6.79. The number of carbonyl (C=O) groups is 2. The fraction of sp³-hybridized carbons (Fsp3) is 0.600. The first-order valence-electron chi connectivity index (χ1n) is 9.92. The number of hydrogen-bond acceptors (Lipinski definition) is 4. The highest BCUT2D eigenvalue weighted by molar-refractivity contribution is 5.97. The Morgan fingerprint density at radius 3 is 2.31 bits per heavy atom. The molecule has 2 heterocycles. The number of nitrogens with zero attached hydrogens (tertiary/aromatic N) is 3. The number of likely N-dealkylation sites (N-methyl/N-ethyl adjacent to an activating group) is 1. The summed E-state index contributed by atoms with van der Waals surface area (Å²) in [5, 5.41) is 2.71. The maximum Gasteiger partial charge on any atom is 0.406 e. The lowest BCUT2D eigenvalue weighted by Crippen LogP contribution is -2.45. The molecule has 1 atom stereocenters. The van der Waals surface area contributed by atoms with E-state index in [0.29, 0.717) is 10.6 Å². The SMILES string of the molecule is CCN1CCN(Cc2ccc(NC(=O)[C@H]3CC(=O)N(CC(F)(F)F)C3)cc2)CC1. The minimum Gasteiger partial charge on any atom is -0.333 e. The van der Waals surface area contributed by atoms with Gasteiger partial charge in [-0.15, -0.1) is 0 Å². The molecule has 0 bridgehead atoms. The van der Waals surface area contributed by atoms with Gasteiger partial charge < -0.3 is 15.1 Å². The zero-order chi connectivity index (χ0) is 21.0. The molecule has 2 saturated heterocycles. The molecule has 1 aromatic rings. The standard InChI is InChI=1S/C20H27F3N4O2/c1-2-25-7-9-26(10-8-25)12-15-3-5-17(6-4-15)24-19(29)16-11-18(28)27(13-16)14-20(21,22)23/h3-6,16H,2,7-14H2,1H3,(H,24,29)/t16-/m0/s1. The second kappa shape index (κ2) is 9.13. The Morgan fingerprint density at radius 1 is 1.10 bits per heavy atom. The number of halogens is 3. The van der Waals surface area contributed by atoms with Gasteiger partial charge in [0.1, 0.15) is 6.54 Å². The molecule has 160 valence electrons. The van der Waals surface area contributed by atoms with Gasteiger partial charge in [0.05, 0.1) is 5.92 Å². The Balaban J connectivity index is 1.48. The highest BCUT2D eigenvalue weighted by Crippen LogP contribution is 2.25. The van der Waals surface area contributed by atoms with Crippen molar-refractivity contribution in [1.29, 1.82) is 0 Å². The molecule has 1 N–H and O–H groups in total. The number of alkyl halides is 3. The van der Waals surface area contributed by atoms with Gasteiger partial charge in [0, 0.05) is 51.4 Å². The highest BCUT2D eigenvalue weighted by atomic mass is 19.4. The van der Waals surface area contributed by atoms with Crippen molar-refractivity contribution in [2.75, 3.05) is 51.1 Å². The van der Waals surface area contributed by atoms with Crippen molar-refractivity contribution in [2.45, 2.75) is 26.1 Å². The summed E-state index contributed by atoms with van der Waals surface area (Å²) >= 11 is 0. The quantitative estimate of drug-likeness (QED) is 0.778. The second-order valence-corrected chi connectivity index (χ2v) is 7.69. The van der Waals surface area contributed by atoms with E-state index in [4.69, 9.17) is 0 Å². The van der Waals surface area contributed by atoms with E-state index in [1.54, 1.807) is 12.1 Å². The van der Waals surface area contributed by atoms with Gasteiger partial charge in [0.2, 0.25) is 11.8 Å². The number of amides is 2. The monoisotopic (exact) mass is 412 g/mol. The Hall–Kier alpha value is -2.13. The summed E-state index contributed by atoms with van der Waals surface area (Å²) in [6.45, 7) is 6.75. The van der Waals surface area contributed by atoms with Crippen LogP contribution in [0.15, 0.2) is 24.3 Å². The van der Waals surface area contributed by atoms with Crippen LogP contribution in [0.25, 0.3) is 0 Å². The molecule has 2 fully saturated rings. The number of carbonyl (C=O) groups excluding carboxylic acids is 2. The van der Waals surface area contributed by atoms with Crippen LogP contribution in [0.3, 0.4) is 0 Å². The van der Waals surface area contributed by atoms with E-state index in [0.717, 1.165) is 44.8 Å². The van der Waals surface area contributed by atoms with E-state index in [9.17, 15) is 22.8 Å². The molecule has 9 heteroatoms. The van der Waals surface area contributed by atoms with Gasteiger partial charge in [-0.1, -0.05) is 19.1 Å². The number of likely N-dealkylation sites (tertiary alicyclic amines) is 1. The van der Waals surface area contributed by atoms with Gasteiger partial charge in [0.25, 0.3) is 0 Å². The van der Waals surface area contributed by atoms with Crippen LogP contribution in [0.4, 0.5) is 18.9 Å². The molecule has 0 aliphatic carbocycles. The first-order valence-corrected chi connectivity index (χ1v) is 9.92. The molecular formula is C20H27F3N4O2. The summed E-state index contributed by atoms with van der Waals surface area (Å²) < 4.78 is 37.5. The van der Waals surface area contributed by atoms with E-state index in [-0.39, 0.29) is 13.0 Å². The topological polar surface area (TPSA) is 55.9 Å². The van der Waals surface area contributed by atoms with Crippen molar-refractivity contribution in [3.05, 3.63) is 29.8 Å². The lowest BCUT2D eigenvalue weighted by Gasteiger charge is -2.34. The van der Waals surface area contributed by atoms with E-state index >= 15 is 0 Å². The van der Waals surface area contributed by atoms with Crippen molar-refractivity contribution < 1.29 is 22.8 Å². The summed E-state index contributed by atoms with van der Waals surface area (Å²) in [7, 11) is 0. The molecule has 1 aromatic carbocycles. The van der Waals surface area contributed by atoms with Gasteiger partial charge in [-0.25, -0.2) is 0 Å². The third kappa shape index (κ3) is 6.17. The fourth-order valence-corrected chi connectivity index (χ4v) is 3.78. The van der Waals surface area contributed by atoms with Gasteiger partial charge in [-0.2, -0.15) is 13.2 Å². The van der Waals surface area contributed by atoms with Crippen molar-refractivity contribution in [1.82, 2.24) is 14.7 Å². The Labute approximate surface area is 168 Å². The smallest absolute Gasteiger partial charge is 0.333 e. The Bertz CT molecular complexity index is 715. The molecule has 0 aromatic heterocycles. The Morgan fingerprint density at radius 2 is 1.72 bits per heavy atom. The van der Waals surface area contributed by atoms with Gasteiger partial charge in [0.15, 0.2) is 0 Å². The number of piperazine rings is 1. The lowest BCUT2D eigenvalue weighted by molar-refractivity contribution is -0.157. The summed E-state index contributed by atoms with van der Waals surface area (Å²) in [6.07, 6.45) is -4.65.